The summed E-state index contributed by atoms with van der Waals surface area (Å²) < 4.78 is 22.9. The molecule has 14 nitrogen and oxygen atoms in total. The van der Waals surface area contributed by atoms with Gasteiger partial charge in [-0.2, -0.15) is 0 Å². The molecule has 0 saturated carbocycles. The highest BCUT2D eigenvalue weighted by atomic mass is 16.7. The highest BCUT2D eigenvalue weighted by molar-refractivity contribution is 5.76. The van der Waals surface area contributed by atoms with Crippen molar-refractivity contribution in [1.82, 2.24) is 5.32 Å². The molecule has 12 unspecified atom stereocenters. The first kappa shape index (κ1) is 75.1. The Kier molecular flexibility index (Phi) is 49.1. The van der Waals surface area contributed by atoms with Crippen molar-refractivity contribution in [2.24, 2.45) is 0 Å². The first-order valence-electron chi connectivity index (χ1n) is 34.3. The van der Waals surface area contributed by atoms with Gasteiger partial charge in [-0.1, -0.05) is 303 Å². The number of amides is 1. The van der Waals surface area contributed by atoms with E-state index in [4.69, 9.17) is 18.9 Å². The van der Waals surface area contributed by atoms with Crippen LogP contribution in [0.15, 0.2) is 0 Å². The summed E-state index contributed by atoms with van der Waals surface area (Å²) in [7, 11) is 0. The summed E-state index contributed by atoms with van der Waals surface area (Å²) in [6.07, 6.45) is 44.1. The molecule has 476 valence electrons. The van der Waals surface area contributed by atoms with Crippen LogP contribution in [0.25, 0.3) is 0 Å². The van der Waals surface area contributed by atoms with Crippen LogP contribution in [0.4, 0.5) is 0 Å². The molecule has 0 aromatic heterocycles. The van der Waals surface area contributed by atoms with E-state index in [1.807, 2.05) is 0 Å². The summed E-state index contributed by atoms with van der Waals surface area (Å²) in [5.41, 5.74) is 0. The Morgan fingerprint density at radius 2 is 0.713 bits per heavy atom. The van der Waals surface area contributed by atoms with Gasteiger partial charge < -0.3 is 65.1 Å². The molecule has 0 aromatic carbocycles. The van der Waals surface area contributed by atoms with Gasteiger partial charge in [0.25, 0.3) is 0 Å². The lowest BCUT2D eigenvalue weighted by molar-refractivity contribution is -0.359. The highest BCUT2D eigenvalue weighted by Crippen LogP contribution is 2.30. The smallest absolute Gasteiger partial charge is 0.220 e. The zero-order valence-corrected chi connectivity index (χ0v) is 51.6. The van der Waals surface area contributed by atoms with Crippen molar-refractivity contribution in [2.75, 3.05) is 19.8 Å². The molecule has 0 radical (unpaired) electrons. The molecule has 0 bridgehead atoms. The topological polar surface area (TPSA) is 228 Å². The van der Waals surface area contributed by atoms with Crippen LogP contribution in [-0.2, 0) is 23.7 Å². The van der Waals surface area contributed by atoms with E-state index in [2.05, 4.69) is 19.2 Å². The maximum Gasteiger partial charge on any atom is 0.220 e. The molecular formula is C66H129NO13. The van der Waals surface area contributed by atoms with E-state index in [1.165, 1.54) is 244 Å². The Bertz CT molecular complexity index is 1350. The second-order valence-corrected chi connectivity index (χ2v) is 24.7. The van der Waals surface area contributed by atoms with E-state index < -0.39 is 86.8 Å². The minimum absolute atomic E-state index is 0.198. The molecule has 80 heavy (non-hydrogen) atoms. The van der Waals surface area contributed by atoms with Gasteiger partial charge in [0.05, 0.1) is 32.0 Å². The first-order valence-corrected chi connectivity index (χ1v) is 34.3. The van der Waals surface area contributed by atoms with Crippen LogP contribution in [0.1, 0.15) is 322 Å². The minimum Gasteiger partial charge on any atom is -0.394 e. The number of carbonyl (C=O) groups is 1. The van der Waals surface area contributed by atoms with Crippen LogP contribution in [0.5, 0.6) is 0 Å². The molecule has 2 aliphatic rings. The molecule has 12 atom stereocenters. The molecule has 0 spiro atoms. The van der Waals surface area contributed by atoms with Gasteiger partial charge in [-0.25, -0.2) is 0 Å². The fraction of sp³-hybridized carbons (Fsp3) is 0.985. The van der Waals surface area contributed by atoms with E-state index in [0.717, 1.165) is 51.4 Å². The van der Waals surface area contributed by atoms with Crippen molar-refractivity contribution in [2.45, 2.75) is 396 Å². The van der Waals surface area contributed by atoms with E-state index in [9.17, 15) is 45.6 Å². The van der Waals surface area contributed by atoms with Crippen molar-refractivity contribution in [3.8, 4) is 0 Å². The van der Waals surface area contributed by atoms with E-state index >= 15 is 0 Å². The Morgan fingerprint density at radius 3 is 1.06 bits per heavy atom. The van der Waals surface area contributed by atoms with Crippen molar-refractivity contribution >= 4 is 5.91 Å². The molecule has 2 fully saturated rings. The van der Waals surface area contributed by atoms with Crippen LogP contribution >= 0.6 is 0 Å². The Balaban J connectivity index is 1.64. The number of aliphatic hydroxyl groups is 8. The lowest BCUT2D eigenvalue weighted by Crippen LogP contribution is -2.65. The minimum atomic E-state index is -1.78. The number of ether oxygens (including phenoxy) is 4. The molecular weight excluding hydrogens is 1010 g/mol. The number of hydrogen-bond donors (Lipinski definition) is 9. The van der Waals surface area contributed by atoms with Crippen LogP contribution in [0, 0.1) is 0 Å². The lowest BCUT2D eigenvalue weighted by atomic mass is 9.97. The average Bonchev–Trinajstić information content (AvgIpc) is 3.46. The fourth-order valence-corrected chi connectivity index (χ4v) is 11.8. The van der Waals surface area contributed by atoms with Crippen LogP contribution in [0.2, 0.25) is 0 Å². The highest BCUT2D eigenvalue weighted by Gasteiger charge is 2.51. The third-order valence-corrected chi connectivity index (χ3v) is 17.3. The first-order chi connectivity index (χ1) is 39.1. The zero-order chi connectivity index (χ0) is 58.1. The third kappa shape index (κ3) is 36.7. The fourth-order valence-electron chi connectivity index (χ4n) is 11.8. The summed E-state index contributed by atoms with van der Waals surface area (Å²) in [6, 6.07) is -0.823. The largest absolute Gasteiger partial charge is 0.394 e. The van der Waals surface area contributed by atoms with Gasteiger partial charge in [-0.3, -0.25) is 4.79 Å². The van der Waals surface area contributed by atoms with Gasteiger partial charge in [-0.05, 0) is 12.8 Å². The number of aliphatic hydroxyl groups excluding tert-OH is 8. The van der Waals surface area contributed by atoms with Crippen LogP contribution in [0.3, 0.4) is 0 Å². The van der Waals surface area contributed by atoms with Gasteiger partial charge in [0.15, 0.2) is 12.6 Å². The number of unbranched alkanes of at least 4 members (excludes halogenated alkanes) is 44. The molecule has 1 amide bonds. The zero-order valence-electron chi connectivity index (χ0n) is 51.6. The molecule has 0 aliphatic carbocycles. The monoisotopic (exact) mass is 1140 g/mol. The number of hydrogen-bond acceptors (Lipinski definition) is 13. The molecule has 2 rings (SSSR count). The van der Waals surface area contributed by atoms with Gasteiger partial charge in [0, 0.05) is 6.42 Å². The summed E-state index contributed by atoms with van der Waals surface area (Å²) >= 11 is 0. The van der Waals surface area contributed by atoms with Gasteiger partial charge in [0.2, 0.25) is 5.91 Å². The summed E-state index contributed by atoms with van der Waals surface area (Å²) in [5, 5.41) is 87.5. The lowest BCUT2D eigenvalue weighted by Gasteiger charge is -2.46. The van der Waals surface area contributed by atoms with Crippen molar-refractivity contribution in [1.29, 1.82) is 0 Å². The molecule has 9 N–H and O–H groups in total. The number of rotatable bonds is 57. The summed E-state index contributed by atoms with van der Waals surface area (Å²) in [6.45, 7) is 2.92. The Labute approximate surface area is 489 Å². The maximum absolute atomic E-state index is 13.3. The van der Waals surface area contributed by atoms with Crippen molar-refractivity contribution in [3.63, 3.8) is 0 Å². The second-order valence-electron chi connectivity index (χ2n) is 24.7. The van der Waals surface area contributed by atoms with Gasteiger partial charge in [0.1, 0.15) is 48.8 Å². The summed E-state index contributed by atoms with van der Waals surface area (Å²) in [5.74, 6) is -0.198. The molecule has 0 aromatic rings. The molecule has 2 heterocycles. The Hall–Kier alpha value is -1.01. The van der Waals surface area contributed by atoms with E-state index in [0.29, 0.717) is 12.8 Å². The van der Waals surface area contributed by atoms with E-state index in [-0.39, 0.29) is 12.5 Å². The standard InChI is InChI=1S/C66H129NO13/c1-3-5-7-9-11-13-15-17-19-21-22-23-24-25-26-27-28-29-30-31-32-34-36-38-40-42-44-46-48-50-58(71)67-54(55(70)49-47-45-43-41-39-37-35-33-20-18-16-14-12-10-8-6-4-2)53-77-65-63(76)61(74)64(57(52-69)79-65)80-66-62(75)60(73)59(72)56(51-68)78-66/h54-57,59-66,68-70,72-76H,3-53H2,1-2H3,(H,67,71). The quantitative estimate of drug-likeness (QED) is 0.0259. The number of carbonyl (C=O) groups excluding carboxylic acids is 1. The average molecular weight is 1140 g/mol. The van der Waals surface area contributed by atoms with Gasteiger partial charge in [-0.15, -0.1) is 0 Å². The predicted molar refractivity (Wildman–Crippen MR) is 323 cm³/mol. The molecule has 14 heteroatoms. The van der Waals surface area contributed by atoms with Crippen molar-refractivity contribution < 1.29 is 64.6 Å². The van der Waals surface area contributed by atoms with Crippen LogP contribution in [-0.4, -0.2) is 140 Å². The maximum atomic E-state index is 13.3. The van der Waals surface area contributed by atoms with Crippen LogP contribution < -0.4 is 5.32 Å². The van der Waals surface area contributed by atoms with Gasteiger partial charge >= 0.3 is 0 Å². The van der Waals surface area contributed by atoms with Crippen molar-refractivity contribution in [3.05, 3.63) is 0 Å². The predicted octanol–water partition coefficient (Wildman–Crippen LogP) is 13.2. The second kappa shape index (κ2) is 52.3. The summed E-state index contributed by atoms with van der Waals surface area (Å²) in [4.78, 5) is 13.3. The van der Waals surface area contributed by atoms with E-state index in [1.54, 1.807) is 0 Å². The third-order valence-electron chi connectivity index (χ3n) is 17.3. The molecule has 2 aliphatic heterocycles. The number of nitrogens with one attached hydrogen (secondary N) is 1. The SMILES string of the molecule is CCCCCCCCCCCCCCCCCCCCCCCCCCCCCCCC(=O)NC(COC1OC(CO)C(OC2OC(CO)C(O)C(O)C2O)C(O)C1O)C(O)CCCCCCCCCCCCCCCCCCC. The molecule has 2 saturated heterocycles. The Morgan fingerprint density at radius 1 is 0.400 bits per heavy atom. The normalized spacial score (nSPS) is 24.1.